The number of benzene rings is 2. The average Bonchev–Trinajstić information content (AvgIpc) is 3.37. The van der Waals surface area contributed by atoms with Gasteiger partial charge in [0.25, 0.3) is 0 Å². The number of nitrogens with zero attached hydrogens (tertiary/aromatic N) is 1. The standard InChI is InChI=1S/C30H40N6O4/c1-2-23(32)28(38)35-27-21(18-33-25(37)17-31)13-14-22-15-16-24(36(22)30(27)40)29(39)34-26(19-9-5-3-6-10-19)20-11-7-4-8-12-20/h3-12,21-24,26-27H,2,13-18,31-32H2,1H3,(H,33,37)(H,34,39)(H,35,38). The molecule has 0 aromatic heterocycles. The summed E-state index contributed by atoms with van der Waals surface area (Å²) in [6.45, 7) is 1.82. The van der Waals surface area contributed by atoms with Crippen LogP contribution in [0.25, 0.3) is 0 Å². The first-order valence-corrected chi connectivity index (χ1v) is 14.1. The lowest BCUT2D eigenvalue weighted by atomic mass is 9.92. The van der Waals surface area contributed by atoms with Crippen LogP contribution in [0.4, 0.5) is 0 Å². The van der Waals surface area contributed by atoms with E-state index in [1.54, 1.807) is 11.8 Å². The summed E-state index contributed by atoms with van der Waals surface area (Å²) in [6, 6.07) is 16.6. The summed E-state index contributed by atoms with van der Waals surface area (Å²) >= 11 is 0. The van der Waals surface area contributed by atoms with Crippen molar-refractivity contribution in [1.82, 2.24) is 20.9 Å². The SMILES string of the molecule is CCC(N)C(=O)NC1C(=O)N2C(CCC1CNC(=O)CN)CCC2C(=O)NC(c1ccccc1)c1ccccc1. The maximum atomic E-state index is 14.1. The summed E-state index contributed by atoms with van der Waals surface area (Å²) in [4.78, 5) is 54.3. The molecule has 214 valence electrons. The van der Waals surface area contributed by atoms with Crippen LogP contribution in [-0.4, -0.2) is 65.8 Å². The molecule has 10 nitrogen and oxygen atoms in total. The topological polar surface area (TPSA) is 160 Å². The first-order valence-electron chi connectivity index (χ1n) is 14.1. The Bertz CT molecular complexity index is 1140. The summed E-state index contributed by atoms with van der Waals surface area (Å²) < 4.78 is 0. The Labute approximate surface area is 235 Å². The van der Waals surface area contributed by atoms with Gasteiger partial charge in [-0.3, -0.25) is 19.2 Å². The van der Waals surface area contributed by atoms with E-state index in [0.29, 0.717) is 32.1 Å². The third-order valence-electron chi connectivity index (χ3n) is 8.04. The number of hydrogen-bond donors (Lipinski definition) is 5. The van der Waals surface area contributed by atoms with Crippen molar-refractivity contribution in [3.63, 3.8) is 0 Å². The Balaban J connectivity index is 1.59. The van der Waals surface area contributed by atoms with E-state index in [1.165, 1.54) is 0 Å². The highest BCUT2D eigenvalue weighted by molar-refractivity contribution is 5.94. The molecule has 0 bridgehead atoms. The number of hydrogen-bond acceptors (Lipinski definition) is 6. The molecule has 4 amide bonds. The molecule has 5 unspecified atom stereocenters. The van der Waals surface area contributed by atoms with Crippen molar-refractivity contribution in [3.8, 4) is 0 Å². The molecule has 2 saturated heterocycles. The molecule has 2 aliphatic rings. The van der Waals surface area contributed by atoms with Gasteiger partial charge in [0.05, 0.1) is 18.6 Å². The molecule has 0 aliphatic carbocycles. The highest BCUT2D eigenvalue weighted by atomic mass is 16.2. The predicted octanol–water partition coefficient (Wildman–Crippen LogP) is 0.959. The highest BCUT2D eigenvalue weighted by Gasteiger charge is 2.48. The van der Waals surface area contributed by atoms with E-state index in [4.69, 9.17) is 11.5 Å². The molecule has 0 radical (unpaired) electrons. The first kappa shape index (κ1) is 29.2. The predicted molar refractivity (Wildman–Crippen MR) is 152 cm³/mol. The fourth-order valence-corrected chi connectivity index (χ4v) is 5.74. The van der Waals surface area contributed by atoms with Crippen LogP contribution >= 0.6 is 0 Å². The Morgan fingerprint density at radius 3 is 2.12 bits per heavy atom. The lowest BCUT2D eigenvalue weighted by molar-refractivity contribution is -0.143. The van der Waals surface area contributed by atoms with Crippen molar-refractivity contribution in [3.05, 3.63) is 71.8 Å². The van der Waals surface area contributed by atoms with Gasteiger partial charge in [-0.05, 0) is 43.2 Å². The molecule has 7 N–H and O–H groups in total. The van der Waals surface area contributed by atoms with Gasteiger partial charge in [0, 0.05) is 18.5 Å². The first-order chi connectivity index (χ1) is 19.3. The number of fused-ring (bicyclic) bond motifs is 1. The van der Waals surface area contributed by atoms with Gasteiger partial charge in [-0.25, -0.2) is 0 Å². The third kappa shape index (κ3) is 6.68. The van der Waals surface area contributed by atoms with Gasteiger partial charge < -0.3 is 32.3 Å². The van der Waals surface area contributed by atoms with Gasteiger partial charge in [0.2, 0.25) is 23.6 Å². The van der Waals surface area contributed by atoms with Gasteiger partial charge >= 0.3 is 0 Å². The minimum absolute atomic E-state index is 0.135. The van der Waals surface area contributed by atoms with E-state index in [0.717, 1.165) is 11.1 Å². The number of amides is 4. The maximum Gasteiger partial charge on any atom is 0.246 e. The largest absolute Gasteiger partial charge is 0.355 e. The van der Waals surface area contributed by atoms with Crippen LogP contribution in [0, 0.1) is 5.92 Å². The number of rotatable bonds is 10. The number of carbonyl (C=O) groups is 4. The normalized spacial score (nSPS) is 23.2. The van der Waals surface area contributed by atoms with Gasteiger partial charge in [0.1, 0.15) is 12.1 Å². The molecule has 2 aromatic carbocycles. The zero-order chi connectivity index (χ0) is 28.6. The van der Waals surface area contributed by atoms with Gasteiger partial charge in [-0.2, -0.15) is 0 Å². The smallest absolute Gasteiger partial charge is 0.246 e. The summed E-state index contributed by atoms with van der Waals surface area (Å²) in [6.07, 6.45) is 2.88. The Kier molecular flexibility index (Phi) is 9.89. The molecule has 4 rings (SSSR count). The minimum atomic E-state index is -0.916. The van der Waals surface area contributed by atoms with E-state index in [9.17, 15) is 19.2 Å². The molecule has 0 spiro atoms. The molecule has 2 aromatic rings. The molecular formula is C30H40N6O4. The quantitative estimate of drug-likeness (QED) is 0.297. The van der Waals surface area contributed by atoms with E-state index in [-0.39, 0.29) is 48.8 Å². The monoisotopic (exact) mass is 548 g/mol. The molecule has 0 saturated carbocycles. The molecule has 2 heterocycles. The van der Waals surface area contributed by atoms with Crippen LogP contribution in [0.3, 0.4) is 0 Å². The Morgan fingerprint density at radius 2 is 1.55 bits per heavy atom. The van der Waals surface area contributed by atoms with Crippen molar-refractivity contribution < 1.29 is 19.2 Å². The summed E-state index contributed by atoms with van der Waals surface area (Å²) in [5.41, 5.74) is 13.3. The third-order valence-corrected chi connectivity index (χ3v) is 8.04. The van der Waals surface area contributed by atoms with Gasteiger partial charge in [-0.1, -0.05) is 67.6 Å². The van der Waals surface area contributed by atoms with Crippen LogP contribution < -0.4 is 27.4 Å². The van der Waals surface area contributed by atoms with Crippen LogP contribution in [-0.2, 0) is 19.2 Å². The van der Waals surface area contributed by atoms with Crippen molar-refractivity contribution in [1.29, 1.82) is 0 Å². The lowest BCUT2D eigenvalue weighted by Gasteiger charge is -2.33. The number of nitrogens with one attached hydrogen (secondary N) is 3. The molecule has 5 atom stereocenters. The summed E-state index contributed by atoms with van der Waals surface area (Å²) in [5, 5.41) is 8.81. The second kappa shape index (κ2) is 13.5. The second-order valence-corrected chi connectivity index (χ2v) is 10.6. The Morgan fingerprint density at radius 1 is 0.950 bits per heavy atom. The fraction of sp³-hybridized carbons (Fsp3) is 0.467. The second-order valence-electron chi connectivity index (χ2n) is 10.6. The van der Waals surface area contributed by atoms with Crippen LogP contribution in [0.15, 0.2) is 60.7 Å². The molecule has 2 aliphatic heterocycles. The van der Waals surface area contributed by atoms with E-state index in [1.807, 2.05) is 60.7 Å². The zero-order valence-electron chi connectivity index (χ0n) is 22.9. The summed E-state index contributed by atoms with van der Waals surface area (Å²) in [5.74, 6) is -1.68. The molecule has 10 heteroatoms. The fourth-order valence-electron chi connectivity index (χ4n) is 5.74. The zero-order valence-corrected chi connectivity index (χ0v) is 22.9. The van der Waals surface area contributed by atoms with Crippen LogP contribution in [0.1, 0.15) is 56.2 Å². The number of carbonyl (C=O) groups excluding carboxylic acids is 4. The highest BCUT2D eigenvalue weighted by Crippen LogP contribution is 2.34. The van der Waals surface area contributed by atoms with E-state index >= 15 is 0 Å². The van der Waals surface area contributed by atoms with Crippen molar-refractivity contribution >= 4 is 23.6 Å². The van der Waals surface area contributed by atoms with Crippen LogP contribution in [0.5, 0.6) is 0 Å². The van der Waals surface area contributed by atoms with Crippen molar-refractivity contribution in [2.24, 2.45) is 17.4 Å². The number of nitrogens with two attached hydrogens (primary N) is 2. The van der Waals surface area contributed by atoms with Crippen LogP contribution in [0.2, 0.25) is 0 Å². The lowest BCUT2D eigenvalue weighted by Crippen LogP contribution is -2.59. The molecule has 2 fully saturated rings. The van der Waals surface area contributed by atoms with E-state index in [2.05, 4.69) is 16.0 Å². The minimum Gasteiger partial charge on any atom is -0.355 e. The van der Waals surface area contributed by atoms with Crippen molar-refractivity contribution in [2.75, 3.05) is 13.1 Å². The van der Waals surface area contributed by atoms with Gasteiger partial charge in [-0.15, -0.1) is 0 Å². The average molecular weight is 549 g/mol. The van der Waals surface area contributed by atoms with Gasteiger partial charge in [0.15, 0.2) is 0 Å². The Hall–Kier alpha value is -3.76. The molecular weight excluding hydrogens is 508 g/mol. The summed E-state index contributed by atoms with van der Waals surface area (Å²) in [7, 11) is 0. The van der Waals surface area contributed by atoms with E-state index < -0.39 is 24.0 Å². The molecule has 40 heavy (non-hydrogen) atoms. The van der Waals surface area contributed by atoms with Crippen molar-refractivity contribution in [2.45, 2.75) is 69.2 Å². The maximum absolute atomic E-state index is 14.1.